The number of amides is 1. The summed E-state index contributed by atoms with van der Waals surface area (Å²) < 4.78 is 0. The van der Waals surface area contributed by atoms with Crippen molar-refractivity contribution >= 4 is 11.6 Å². The van der Waals surface area contributed by atoms with Crippen LogP contribution in [0.25, 0.3) is 0 Å². The van der Waals surface area contributed by atoms with Crippen LogP contribution in [-0.2, 0) is 0 Å². The summed E-state index contributed by atoms with van der Waals surface area (Å²) in [7, 11) is 3.55. The second-order valence-corrected chi connectivity index (χ2v) is 4.86. The molecule has 3 nitrogen and oxygen atoms in total. The Bertz CT molecular complexity index is 399. The lowest BCUT2D eigenvalue weighted by Gasteiger charge is -2.14. The molecule has 0 spiro atoms. The average Bonchev–Trinajstić information content (AvgIpc) is 2.35. The zero-order chi connectivity index (χ0) is 13.5. The lowest BCUT2D eigenvalue weighted by molar-refractivity contribution is 0.0827. The largest absolute Gasteiger partial charge is 0.385 e. The van der Waals surface area contributed by atoms with Crippen molar-refractivity contribution in [3.63, 3.8) is 0 Å². The maximum atomic E-state index is 11.9. The first-order valence-electron chi connectivity index (χ1n) is 6.62. The van der Waals surface area contributed by atoms with Crippen molar-refractivity contribution in [2.24, 2.45) is 0 Å². The summed E-state index contributed by atoms with van der Waals surface area (Å²) >= 11 is 0. The van der Waals surface area contributed by atoms with Gasteiger partial charge in [0.2, 0.25) is 0 Å². The summed E-state index contributed by atoms with van der Waals surface area (Å²) in [5.74, 6) is 0.0478. The van der Waals surface area contributed by atoms with Crippen LogP contribution in [0.4, 0.5) is 5.69 Å². The van der Waals surface area contributed by atoms with E-state index in [-0.39, 0.29) is 5.91 Å². The molecule has 1 amide bonds. The van der Waals surface area contributed by atoms with Gasteiger partial charge in [0.15, 0.2) is 0 Å². The van der Waals surface area contributed by atoms with Gasteiger partial charge in [-0.2, -0.15) is 0 Å². The molecule has 1 aromatic rings. The van der Waals surface area contributed by atoms with Gasteiger partial charge in [-0.1, -0.05) is 25.8 Å². The fourth-order valence-electron chi connectivity index (χ4n) is 1.80. The number of rotatable bonds is 6. The summed E-state index contributed by atoms with van der Waals surface area (Å²) in [6.45, 7) is 5.22. The molecule has 0 aliphatic heterocycles. The summed E-state index contributed by atoms with van der Waals surface area (Å²) in [5.41, 5.74) is 2.99. The molecule has 1 N–H and O–H groups in total. The van der Waals surface area contributed by atoms with E-state index in [0.29, 0.717) is 0 Å². The Morgan fingerprint density at radius 2 is 2.00 bits per heavy atom. The second-order valence-electron chi connectivity index (χ2n) is 4.86. The van der Waals surface area contributed by atoms with Gasteiger partial charge in [0, 0.05) is 31.9 Å². The van der Waals surface area contributed by atoms with Gasteiger partial charge in [-0.3, -0.25) is 4.79 Å². The van der Waals surface area contributed by atoms with Crippen molar-refractivity contribution in [1.29, 1.82) is 0 Å². The summed E-state index contributed by atoms with van der Waals surface area (Å²) in [6.07, 6.45) is 3.63. The number of benzene rings is 1. The Morgan fingerprint density at radius 3 is 2.61 bits per heavy atom. The maximum Gasteiger partial charge on any atom is 0.253 e. The molecule has 1 rings (SSSR count). The Kier molecular flexibility index (Phi) is 5.69. The van der Waals surface area contributed by atoms with Gasteiger partial charge in [-0.05, 0) is 31.0 Å². The minimum Gasteiger partial charge on any atom is -0.385 e. The SMILES string of the molecule is CCCCCNc1cc(C(=O)N(C)C)ccc1C. The molecular weight excluding hydrogens is 224 g/mol. The van der Waals surface area contributed by atoms with Crippen LogP contribution in [0.2, 0.25) is 0 Å². The molecule has 0 bridgehead atoms. The van der Waals surface area contributed by atoms with Crippen molar-refractivity contribution in [2.45, 2.75) is 33.1 Å². The van der Waals surface area contributed by atoms with Gasteiger partial charge in [-0.15, -0.1) is 0 Å². The van der Waals surface area contributed by atoms with E-state index in [1.807, 2.05) is 18.2 Å². The van der Waals surface area contributed by atoms with Gasteiger partial charge in [-0.25, -0.2) is 0 Å². The number of nitrogens with one attached hydrogen (secondary N) is 1. The zero-order valence-electron chi connectivity index (χ0n) is 11.9. The van der Waals surface area contributed by atoms with Crippen LogP contribution in [0.5, 0.6) is 0 Å². The minimum atomic E-state index is 0.0478. The van der Waals surface area contributed by atoms with E-state index in [2.05, 4.69) is 19.2 Å². The van der Waals surface area contributed by atoms with Crippen molar-refractivity contribution < 1.29 is 4.79 Å². The molecular formula is C15H24N2O. The topological polar surface area (TPSA) is 32.3 Å². The number of hydrogen-bond acceptors (Lipinski definition) is 2. The van der Waals surface area contributed by atoms with Crippen molar-refractivity contribution in [3.05, 3.63) is 29.3 Å². The van der Waals surface area contributed by atoms with Crippen LogP contribution in [-0.4, -0.2) is 31.4 Å². The molecule has 0 atom stereocenters. The normalized spacial score (nSPS) is 10.2. The highest BCUT2D eigenvalue weighted by atomic mass is 16.2. The van der Waals surface area contributed by atoms with E-state index in [1.54, 1.807) is 19.0 Å². The lowest BCUT2D eigenvalue weighted by Crippen LogP contribution is -2.21. The van der Waals surface area contributed by atoms with E-state index in [0.717, 1.165) is 17.8 Å². The molecule has 0 aromatic heterocycles. The third kappa shape index (κ3) is 4.06. The Balaban J connectivity index is 2.72. The predicted molar refractivity (Wildman–Crippen MR) is 77.2 cm³/mol. The van der Waals surface area contributed by atoms with Gasteiger partial charge < -0.3 is 10.2 Å². The van der Waals surface area contributed by atoms with Gasteiger partial charge in [0.25, 0.3) is 5.91 Å². The number of carbonyl (C=O) groups is 1. The minimum absolute atomic E-state index is 0.0478. The van der Waals surface area contributed by atoms with Crippen LogP contribution in [0.15, 0.2) is 18.2 Å². The number of hydrogen-bond donors (Lipinski definition) is 1. The van der Waals surface area contributed by atoms with E-state index < -0.39 is 0 Å². The van der Waals surface area contributed by atoms with Crippen LogP contribution in [0.1, 0.15) is 42.1 Å². The summed E-state index contributed by atoms with van der Waals surface area (Å²) in [6, 6.07) is 5.83. The molecule has 1 aromatic carbocycles. The smallest absolute Gasteiger partial charge is 0.253 e. The van der Waals surface area contributed by atoms with E-state index >= 15 is 0 Å². The van der Waals surface area contributed by atoms with Crippen LogP contribution >= 0.6 is 0 Å². The summed E-state index contributed by atoms with van der Waals surface area (Å²) in [5, 5.41) is 3.41. The fraction of sp³-hybridized carbons (Fsp3) is 0.533. The number of carbonyl (C=O) groups excluding carboxylic acids is 1. The molecule has 0 saturated heterocycles. The number of anilines is 1. The Hall–Kier alpha value is -1.51. The standard InChI is InChI=1S/C15H24N2O/c1-5-6-7-10-16-14-11-13(9-8-12(14)2)15(18)17(3)4/h8-9,11,16H,5-7,10H2,1-4H3. The van der Waals surface area contributed by atoms with Gasteiger partial charge in [0.1, 0.15) is 0 Å². The second kappa shape index (κ2) is 7.04. The van der Waals surface area contributed by atoms with E-state index in [9.17, 15) is 4.79 Å². The summed E-state index contributed by atoms with van der Waals surface area (Å²) in [4.78, 5) is 13.5. The molecule has 0 radical (unpaired) electrons. The highest BCUT2D eigenvalue weighted by Gasteiger charge is 2.09. The number of unbranched alkanes of at least 4 members (excludes halogenated alkanes) is 2. The molecule has 18 heavy (non-hydrogen) atoms. The molecule has 0 aliphatic rings. The van der Waals surface area contributed by atoms with Crippen molar-refractivity contribution in [2.75, 3.05) is 26.0 Å². The van der Waals surface area contributed by atoms with Gasteiger partial charge >= 0.3 is 0 Å². The van der Waals surface area contributed by atoms with E-state index in [4.69, 9.17) is 0 Å². The van der Waals surface area contributed by atoms with Crippen LogP contribution < -0.4 is 5.32 Å². The highest BCUT2D eigenvalue weighted by molar-refractivity contribution is 5.95. The monoisotopic (exact) mass is 248 g/mol. The van der Waals surface area contributed by atoms with Crippen LogP contribution in [0, 0.1) is 6.92 Å². The molecule has 0 aliphatic carbocycles. The Labute approximate surface area is 110 Å². The first-order valence-corrected chi connectivity index (χ1v) is 6.62. The number of nitrogens with zero attached hydrogens (tertiary/aromatic N) is 1. The average molecular weight is 248 g/mol. The highest BCUT2D eigenvalue weighted by Crippen LogP contribution is 2.18. The fourth-order valence-corrected chi connectivity index (χ4v) is 1.80. The van der Waals surface area contributed by atoms with Crippen LogP contribution in [0.3, 0.4) is 0 Å². The first-order chi connectivity index (χ1) is 8.56. The van der Waals surface area contributed by atoms with Gasteiger partial charge in [0.05, 0.1) is 0 Å². The molecule has 0 saturated carbocycles. The third-order valence-electron chi connectivity index (χ3n) is 2.99. The number of aryl methyl sites for hydroxylation is 1. The molecule has 0 fully saturated rings. The third-order valence-corrected chi connectivity index (χ3v) is 2.99. The maximum absolute atomic E-state index is 11.9. The molecule has 0 unspecified atom stereocenters. The van der Waals surface area contributed by atoms with E-state index in [1.165, 1.54) is 24.8 Å². The first kappa shape index (κ1) is 14.6. The van der Waals surface area contributed by atoms with Crippen molar-refractivity contribution in [3.8, 4) is 0 Å². The van der Waals surface area contributed by atoms with Crippen molar-refractivity contribution in [1.82, 2.24) is 4.90 Å². The zero-order valence-corrected chi connectivity index (χ0v) is 11.9. The molecule has 0 heterocycles. The Morgan fingerprint density at radius 1 is 1.28 bits per heavy atom. The quantitative estimate of drug-likeness (QED) is 0.783. The lowest BCUT2D eigenvalue weighted by atomic mass is 10.1. The molecule has 3 heteroatoms. The molecule has 100 valence electrons. The predicted octanol–water partition coefficient (Wildman–Crippen LogP) is 3.30.